The smallest absolute Gasteiger partial charge is 0.142 e. The number of aryl methyl sites for hydroxylation is 1. The van der Waals surface area contributed by atoms with Crippen molar-refractivity contribution in [1.29, 1.82) is 0 Å². The van der Waals surface area contributed by atoms with Gasteiger partial charge in [-0.05, 0) is 42.8 Å². The second-order valence-electron chi connectivity index (χ2n) is 4.67. The Morgan fingerprint density at radius 2 is 2.11 bits per heavy atom. The van der Waals surface area contributed by atoms with Crippen LogP contribution in [0.5, 0.6) is 5.75 Å². The van der Waals surface area contributed by atoms with E-state index in [-0.39, 0.29) is 0 Å². The molecule has 0 saturated carbocycles. The Kier molecular flexibility index (Phi) is 2.67. The Balaban J connectivity index is 2.06. The van der Waals surface area contributed by atoms with Crippen LogP contribution in [0.15, 0.2) is 36.5 Å². The van der Waals surface area contributed by atoms with Crippen LogP contribution in [0, 0.1) is 6.92 Å². The summed E-state index contributed by atoms with van der Waals surface area (Å²) in [6.45, 7) is 3.77. The van der Waals surface area contributed by atoms with Gasteiger partial charge in [0.25, 0.3) is 0 Å². The van der Waals surface area contributed by atoms with Crippen LogP contribution in [0.4, 0.5) is 5.69 Å². The topological polar surface area (TPSA) is 25.4 Å². The van der Waals surface area contributed by atoms with Crippen LogP contribution < -0.4 is 9.64 Å². The van der Waals surface area contributed by atoms with Gasteiger partial charge in [-0.3, -0.25) is 4.98 Å². The molecule has 0 fully saturated rings. The zero-order valence-electron chi connectivity index (χ0n) is 10.7. The number of hydrogen-bond donors (Lipinski definition) is 0. The van der Waals surface area contributed by atoms with Crippen molar-refractivity contribution >= 4 is 5.69 Å². The molecule has 0 N–H and O–H groups in total. The number of benzene rings is 1. The lowest BCUT2D eigenvalue weighted by Crippen LogP contribution is -2.28. The Hall–Kier alpha value is -2.03. The molecule has 0 bridgehead atoms. The quantitative estimate of drug-likeness (QED) is 0.766. The molecule has 0 aliphatic carbocycles. The van der Waals surface area contributed by atoms with Crippen LogP contribution in [-0.4, -0.2) is 25.2 Å². The molecule has 0 atom stereocenters. The van der Waals surface area contributed by atoms with Gasteiger partial charge in [-0.2, -0.15) is 0 Å². The molecule has 1 aromatic carbocycles. The minimum atomic E-state index is 0.755. The van der Waals surface area contributed by atoms with Gasteiger partial charge in [0.1, 0.15) is 12.4 Å². The van der Waals surface area contributed by atoms with E-state index < -0.39 is 0 Å². The predicted octanol–water partition coefficient (Wildman–Crippen LogP) is 2.89. The van der Waals surface area contributed by atoms with E-state index in [9.17, 15) is 0 Å². The molecule has 92 valence electrons. The molecule has 0 radical (unpaired) electrons. The van der Waals surface area contributed by atoms with Gasteiger partial charge in [0.2, 0.25) is 0 Å². The lowest BCUT2D eigenvalue weighted by atomic mass is 10.1. The second kappa shape index (κ2) is 4.33. The summed E-state index contributed by atoms with van der Waals surface area (Å²) < 4.78 is 5.65. The van der Waals surface area contributed by atoms with Crippen molar-refractivity contribution < 1.29 is 4.74 Å². The van der Waals surface area contributed by atoms with Gasteiger partial charge in [0, 0.05) is 18.8 Å². The van der Waals surface area contributed by atoms with Crippen LogP contribution in [-0.2, 0) is 0 Å². The number of fused-ring (bicyclic) bond motifs is 1. The first kappa shape index (κ1) is 11.1. The minimum Gasteiger partial charge on any atom is -0.490 e. The van der Waals surface area contributed by atoms with E-state index in [0.29, 0.717) is 0 Å². The number of aromatic nitrogens is 1. The average molecular weight is 240 g/mol. The molecular weight excluding hydrogens is 224 g/mol. The highest BCUT2D eigenvalue weighted by Crippen LogP contribution is 2.34. The SMILES string of the molecule is Cc1ccnc(-c2ccc3c(c2)N(C)CCO3)c1. The Morgan fingerprint density at radius 1 is 1.22 bits per heavy atom. The van der Waals surface area contributed by atoms with Gasteiger partial charge in [0.15, 0.2) is 0 Å². The summed E-state index contributed by atoms with van der Waals surface area (Å²) in [7, 11) is 2.09. The van der Waals surface area contributed by atoms with Crippen molar-refractivity contribution in [2.24, 2.45) is 0 Å². The molecule has 0 spiro atoms. The number of pyridine rings is 1. The third-order valence-electron chi connectivity index (χ3n) is 3.27. The fourth-order valence-electron chi connectivity index (χ4n) is 2.20. The zero-order valence-corrected chi connectivity index (χ0v) is 10.7. The van der Waals surface area contributed by atoms with Crippen molar-refractivity contribution in [2.75, 3.05) is 25.1 Å². The highest BCUT2D eigenvalue weighted by Gasteiger charge is 2.15. The fraction of sp³-hybridized carbons (Fsp3) is 0.267. The summed E-state index contributed by atoms with van der Waals surface area (Å²) >= 11 is 0. The number of likely N-dealkylation sites (N-methyl/N-ethyl adjacent to an activating group) is 1. The number of nitrogens with zero attached hydrogens (tertiary/aromatic N) is 2. The summed E-state index contributed by atoms with van der Waals surface area (Å²) in [6, 6.07) is 10.4. The second-order valence-corrected chi connectivity index (χ2v) is 4.67. The Bertz CT molecular complexity index is 580. The maximum Gasteiger partial charge on any atom is 0.142 e. The van der Waals surface area contributed by atoms with Crippen LogP contribution in [0.2, 0.25) is 0 Å². The summed E-state index contributed by atoms with van der Waals surface area (Å²) in [4.78, 5) is 6.64. The Morgan fingerprint density at radius 3 is 2.94 bits per heavy atom. The first-order valence-corrected chi connectivity index (χ1v) is 6.15. The fourth-order valence-corrected chi connectivity index (χ4v) is 2.20. The van der Waals surface area contributed by atoms with Crippen molar-refractivity contribution in [3.05, 3.63) is 42.1 Å². The van der Waals surface area contributed by atoms with E-state index in [4.69, 9.17) is 4.74 Å². The summed E-state index contributed by atoms with van der Waals surface area (Å²) in [5.74, 6) is 0.958. The first-order valence-electron chi connectivity index (χ1n) is 6.15. The molecule has 3 heteroatoms. The number of hydrogen-bond acceptors (Lipinski definition) is 3. The molecule has 3 nitrogen and oxygen atoms in total. The predicted molar refractivity (Wildman–Crippen MR) is 73.2 cm³/mol. The molecule has 1 aromatic heterocycles. The van der Waals surface area contributed by atoms with Crippen molar-refractivity contribution in [2.45, 2.75) is 6.92 Å². The highest BCUT2D eigenvalue weighted by molar-refractivity contribution is 5.71. The van der Waals surface area contributed by atoms with E-state index in [2.05, 4.69) is 42.1 Å². The molecular formula is C15H16N2O. The summed E-state index contributed by atoms with van der Waals surface area (Å²) in [6.07, 6.45) is 1.85. The van der Waals surface area contributed by atoms with Crippen molar-refractivity contribution in [3.63, 3.8) is 0 Å². The van der Waals surface area contributed by atoms with Gasteiger partial charge < -0.3 is 9.64 Å². The van der Waals surface area contributed by atoms with Crippen molar-refractivity contribution in [3.8, 4) is 17.0 Å². The van der Waals surface area contributed by atoms with E-state index in [1.54, 1.807) is 0 Å². The van der Waals surface area contributed by atoms with Crippen molar-refractivity contribution in [1.82, 2.24) is 4.98 Å². The lowest BCUT2D eigenvalue weighted by Gasteiger charge is -2.28. The van der Waals surface area contributed by atoms with E-state index in [1.807, 2.05) is 18.3 Å². The molecule has 1 aliphatic rings. The normalized spacial score (nSPS) is 14.0. The van der Waals surface area contributed by atoms with Crippen LogP contribution in [0.25, 0.3) is 11.3 Å². The van der Waals surface area contributed by atoms with E-state index in [0.717, 1.165) is 35.8 Å². The summed E-state index contributed by atoms with van der Waals surface area (Å²) in [5, 5.41) is 0. The standard InChI is InChI=1S/C15H16N2O/c1-11-5-6-16-13(9-11)12-3-4-15-14(10-12)17(2)7-8-18-15/h3-6,9-10H,7-8H2,1-2H3. The molecule has 18 heavy (non-hydrogen) atoms. The zero-order chi connectivity index (χ0) is 12.5. The largest absolute Gasteiger partial charge is 0.490 e. The van der Waals surface area contributed by atoms with Gasteiger partial charge in [-0.1, -0.05) is 0 Å². The number of anilines is 1. The molecule has 0 unspecified atom stereocenters. The molecule has 0 amide bonds. The maximum absolute atomic E-state index is 5.65. The molecule has 3 rings (SSSR count). The van der Waals surface area contributed by atoms with Crippen LogP contribution >= 0.6 is 0 Å². The number of ether oxygens (including phenoxy) is 1. The molecule has 0 saturated heterocycles. The number of rotatable bonds is 1. The molecule has 1 aliphatic heterocycles. The first-order chi connectivity index (χ1) is 8.74. The molecule has 2 heterocycles. The highest BCUT2D eigenvalue weighted by atomic mass is 16.5. The van der Waals surface area contributed by atoms with Gasteiger partial charge in [-0.25, -0.2) is 0 Å². The van der Waals surface area contributed by atoms with Crippen LogP contribution in [0.3, 0.4) is 0 Å². The molecule has 2 aromatic rings. The monoisotopic (exact) mass is 240 g/mol. The maximum atomic E-state index is 5.65. The van der Waals surface area contributed by atoms with Gasteiger partial charge in [-0.15, -0.1) is 0 Å². The van der Waals surface area contributed by atoms with Gasteiger partial charge >= 0.3 is 0 Å². The third kappa shape index (κ3) is 1.92. The van der Waals surface area contributed by atoms with E-state index >= 15 is 0 Å². The van der Waals surface area contributed by atoms with E-state index in [1.165, 1.54) is 5.56 Å². The minimum absolute atomic E-state index is 0.755. The third-order valence-corrected chi connectivity index (χ3v) is 3.27. The van der Waals surface area contributed by atoms with Crippen LogP contribution in [0.1, 0.15) is 5.56 Å². The average Bonchev–Trinajstić information content (AvgIpc) is 2.39. The summed E-state index contributed by atoms with van der Waals surface area (Å²) in [5.41, 5.74) is 4.51. The Labute approximate surface area is 107 Å². The van der Waals surface area contributed by atoms with Gasteiger partial charge in [0.05, 0.1) is 17.9 Å². The lowest BCUT2D eigenvalue weighted by molar-refractivity contribution is 0.311.